The first-order chi connectivity index (χ1) is 14.5. The molecule has 0 amide bonds. The van der Waals surface area contributed by atoms with E-state index in [0.29, 0.717) is 35.0 Å². The fourth-order valence-electron chi connectivity index (χ4n) is 9.46. The maximum Gasteiger partial charge on any atom is 0.157 e. The van der Waals surface area contributed by atoms with Crippen LogP contribution in [-0.2, 0) is 4.79 Å². The number of Topliss-reactive ketones (excluding diaryl/α,β-unsaturated/α-hetero) is 1. The molecule has 4 saturated carbocycles. The molecule has 1 aliphatic heterocycles. The number of nitrogens with one attached hydrogen (secondary N) is 2. The number of nitrogens with zero attached hydrogens (tertiary/aromatic N) is 1. The lowest BCUT2D eigenvalue weighted by molar-refractivity contribution is -0.186. The first-order valence-corrected chi connectivity index (χ1v) is 12.7. The van der Waals surface area contributed by atoms with Crippen molar-refractivity contribution in [1.29, 1.82) is 0 Å². The van der Waals surface area contributed by atoms with Gasteiger partial charge >= 0.3 is 0 Å². The lowest BCUT2D eigenvalue weighted by Gasteiger charge is -2.66. The molecule has 5 nitrogen and oxygen atoms in total. The Morgan fingerprint density at radius 2 is 1.71 bits per heavy atom. The number of hydrazine groups is 2. The molecule has 0 bridgehead atoms. The van der Waals surface area contributed by atoms with Crippen LogP contribution in [-0.4, -0.2) is 28.0 Å². The lowest BCUT2D eigenvalue weighted by Crippen LogP contribution is -2.60. The second-order valence-corrected chi connectivity index (χ2v) is 12.9. The smallest absolute Gasteiger partial charge is 0.157 e. The number of carbonyl (C=O) groups is 1. The van der Waals surface area contributed by atoms with Gasteiger partial charge in [0.15, 0.2) is 5.78 Å². The Labute approximate surface area is 188 Å². The van der Waals surface area contributed by atoms with Crippen molar-refractivity contribution in [3.8, 4) is 0 Å². The maximum atomic E-state index is 13.4. The van der Waals surface area contributed by atoms with Crippen LogP contribution >= 0.6 is 0 Å². The van der Waals surface area contributed by atoms with Crippen molar-refractivity contribution in [3.05, 3.63) is 11.9 Å². The number of carbonyl (C=O) groups excluding carboxylic acids is 1. The summed E-state index contributed by atoms with van der Waals surface area (Å²) >= 11 is 0. The van der Waals surface area contributed by atoms with Crippen molar-refractivity contribution in [1.82, 2.24) is 16.0 Å². The van der Waals surface area contributed by atoms with E-state index < -0.39 is 5.60 Å². The Morgan fingerprint density at radius 1 is 1.00 bits per heavy atom. The van der Waals surface area contributed by atoms with Gasteiger partial charge in [0.1, 0.15) is 0 Å². The number of ketones is 1. The number of aliphatic hydroxyl groups is 1. The minimum atomic E-state index is -0.475. The molecule has 8 unspecified atom stereocenters. The molecule has 5 rings (SSSR count). The first kappa shape index (κ1) is 21.8. The van der Waals surface area contributed by atoms with Crippen LogP contribution in [0.2, 0.25) is 0 Å². The van der Waals surface area contributed by atoms with E-state index in [-0.39, 0.29) is 11.3 Å². The fourth-order valence-corrected chi connectivity index (χ4v) is 9.46. The molecule has 174 valence electrons. The molecule has 1 heterocycles. The van der Waals surface area contributed by atoms with Gasteiger partial charge in [0, 0.05) is 17.8 Å². The van der Waals surface area contributed by atoms with Gasteiger partial charge in [-0.1, -0.05) is 20.8 Å². The van der Waals surface area contributed by atoms with Crippen molar-refractivity contribution in [2.45, 2.75) is 98.0 Å². The predicted molar refractivity (Wildman–Crippen MR) is 122 cm³/mol. The van der Waals surface area contributed by atoms with E-state index in [1.807, 2.05) is 25.1 Å². The minimum absolute atomic E-state index is 0.137. The van der Waals surface area contributed by atoms with Crippen molar-refractivity contribution >= 4 is 5.78 Å². The molecular weight excluding hydrogens is 386 g/mol. The maximum absolute atomic E-state index is 13.4. The average molecular weight is 430 g/mol. The zero-order valence-corrected chi connectivity index (χ0v) is 20.3. The summed E-state index contributed by atoms with van der Waals surface area (Å²) in [5, 5.41) is 12.7. The van der Waals surface area contributed by atoms with Crippen LogP contribution in [0, 0.1) is 39.9 Å². The first-order valence-electron chi connectivity index (χ1n) is 12.7. The van der Waals surface area contributed by atoms with Crippen LogP contribution in [0.4, 0.5) is 0 Å². The van der Waals surface area contributed by atoms with Crippen molar-refractivity contribution < 1.29 is 9.90 Å². The summed E-state index contributed by atoms with van der Waals surface area (Å²) in [6.45, 7) is 12.1. The SMILES string of the molecule is CC1=CN(CC(=O)C2CCC3C2(C)CCC2C4(C)CCC(C)(O)CC4CCC23C)NN1. The molecule has 8 atom stereocenters. The summed E-state index contributed by atoms with van der Waals surface area (Å²) in [6.07, 6.45) is 12.3. The molecule has 0 radical (unpaired) electrons. The van der Waals surface area contributed by atoms with Gasteiger partial charge in [0.05, 0.1) is 12.1 Å². The number of fused-ring (bicyclic) bond motifs is 5. The van der Waals surface area contributed by atoms with Crippen LogP contribution in [0.5, 0.6) is 0 Å². The summed E-state index contributed by atoms with van der Waals surface area (Å²) in [7, 11) is 0. The second kappa shape index (κ2) is 6.96. The van der Waals surface area contributed by atoms with E-state index in [4.69, 9.17) is 0 Å². The standard InChI is InChI=1S/C26H43N3O2/c1-17-15-29(28-27-17)16-20(30)19-6-7-21-25(19,4)11-9-22-24(3)13-12-23(2,31)14-18(24)8-10-26(21,22)5/h15,18-19,21-22,27-28,31H,6-14,16H2,1-5H3. The molecule has 31 heavy (non-hydrogen) atoms. The quantitative estimate of drug-likeness (QED) is 0.615. The van der Waals surface area contributed by atoms with Crippen LogP contribution in [0.15, 0.2) is 11.9 Å². The molecule has 4 aliphatic carbocycles. The van der Waals surface area contributed by atoms with Crippen LogP contribution < -0.4 is 11.0 Å². The summed E-state index contributed by atoms with van der Waals surface area (Å²) in [5.74, 6) is 2.62. The lowest BCUT2D eigenvalue weighted by atomic mass is 9.39. The van der Waals surface area contributed by atoms with Gasteiger partial charge in [-0.2, -0.15) is 0 Å². The summed E-state index contributed by atoms with van der Waals surface area (Å²) in [6, 6.07) is 0. The van der Waals surface area contributed by atoms with Crippen molar-refractivity contribution in [2.75, 3.05) is 6.54 Å². The van der Waals surface area contributed by atoms with Crippen molar-refractivity contribution in [3.63, 3.8) is 0 Å². The molecule has 4 fully saturated rings. The minimum Gasteiger partial charge on any atom is -0.390 e. The molecule has 0 aromatic heterocycles. The van der Waals surface area contributed by atoms with Crippen LogP contribution in [0.25, 0.3) is 0 Å². The zero-order chi connectivity index (χ0) is 22.2. The summed E-state index contributed by atoms with van der Waals surface area (Å²) < 4.78 is 0. The van der Waals surface area contributed by atoms with Gasteiger partial charge in [0.25, 0.3) is 0 Å². The Balaban J connectivity index is 1.37. The molecule has 0 aromatic carbocycles. The van der Waals surface area contributed by atoms with Gasteiger partial charge in [-0.05, 0) is 106 Å². The molecule has 5 aliphatic rings. The van der Waals surface area contributed by atoms with E-state index in [2.05, 4.69) is 31.7 Å². The third kappa shape index (κ3) is 3.20. The third-order valence-corrected chi connectivity index (χ3v) is 11.0. The summed E-state index contributed by atoms with van der Waals surface area (Å²) in [4.78, 5) is 13.4. The van der Waals surface area contributed by atoms with E-state index >= 15 is 0 Å². The highest BCUT2D eigenvalue weighted by Crippen LogP contribution is 2.72. The van der Waals surface area contributed by atoms with Gasteiger partial charge in [-0.3, -0.25) is 9.80 Å². The number of allylic oxidation sites excluding steroid dienone is 1. The Morgan fingerprint density at radius 3 is 2.42 bits per heavy atom. The fraction of sp³-hybridized carbons (Fsp3) is 0.885. The predicted octanol–water partition coefficient (Wildman–Crippen LogP) is 4.54. The van der Waals surface area contributed by atoms with Gasteiger partial charge in [-0.25, -0.2) is 0 Å². The normalized spacial score (nSPS) is 51.4. The molecule has 3 N–H and O–H groups in total. The van der Waals surface area contributed by atoms with Crippen LogP contribution in [0.3, 0.4) is 0 Å². The van der Waals surface area contributed by atoms with Gasteiger partial charge < -0.3 is 10.5 Å². The molecular formula is C26H43N3O2. The Kier molecular flexibility index (Phi) is 4.89. The Bertz CT molecular complexity index is 794. The average Bonchev–Trinajstić information content (AvgIpc) is 3.25. The second-order valence-electron chi connectivity index (χ2n) is 12.9. The number of hydrogen-bond acceptors (Lipinski definition) is 5. The highest BCUT2D eigenvalue weighted by Gasteiger charge is 2.66. The highest BCUT2D eigenvalue weighted by atomic mass is 16.3. The van der Waals surface area contributed by atoms with Crippen LogP contribution in [0.1, 0.15) is 92.4 Å². The highest BCUT2D eigenvalue weighted by molar-refractivity contribution is 5.84. The van der Waals surface area contributed by atoms with Gasteiger partial charge in [0.2, 0.25) is 0 Å². The van der Waals surface area contributed by atoms with Crippen molar-refractivity contribution in [2.24, 2.45) is 39.9 Å². The largest absolute Gasteiger partial charge is 0.390 e. The molecule has 5 heteroatoms. The summed E-state index contributed by atoms with van der Waals surface area (Å²) in [5.41, 5.74) is 7.57. The third-order valence-electron chi connectivity index (χ3n) is 11.0. The molecule has 0 spiro atoms. The van der Waals surface area contributed by atoms with E-state index in [1.165, 1.54) is 32.1 Å². The molecule has 0 saturated heterocycles. The molecule has 0 aromatic rings. The monoisotopic (exact) mass is 429 g/mol. The topological polar surface area (TPSA) is 64.6 Å². The van der Waals surface area contributed by atoms with E-state index in [1.54, 1.807) is 0 Å². The number of hydrogen-bond donors (Lipinski definition) is 3. The van der Waals surface area contributed by atoms with E-state index in [9.17, 15) is 9.90 Å². The van der Waals surface area contributed by atoms with Gasteiger partial charge in [-0.15, -0.1) is 5.53 Å². The zero-order valence-electron chi connectivity index (χ0n) is 20.3. The number of rotatable bonds is 3. The van der Waals surface area contributed by atoms with E-state index in [0.717, 1.165) is 37.3 Å². The Hall–Kier alpha value is -1.07.